The first-order valence-electron chi connectivity index (χ1n) is 9.86. The standard InChI is InChI=1S/C22H22N6O3/c1-13-11-21(30)25-22(23-13)28-19(12-18(26-28)16-7-5-4-6-8-16)24-20(29)10-9-17-14(2)27-31-15(17)3/h4-8,11-12H,9-10H2,1-3H3,(H,24,29)(H,23,25,30). The Bertz CT molecular complexity index is 1270. The zero-order valence-corrected chi connectivity index (χ0v) is 17.5. The van der Waals surface area contributed by atoms with Crippen molar-refractivity contribution in [2.45, 2.75) is 33.6 Å². The number of anilines is 1. The molecule has 4 aromatic rings. The molecule has 3 heterocycles. The number of hydrogen-bond donors (Lipinski definition) is 2. The van der Waals surface area contributed by atoms with E-state index in [4.69, 9.17) is 4.52 Å². The molecule has 0 saturated heterocycles. The lowest BCUT2D eigenvalue weighted by Crippen LogP contribution is -2.19. The van der Waals surface area contributed by atoms with Gasteiger partial charge in [0.15, 0.2) is 0 Å². The maximum Gasteiger partial charge on any atom is 0.252 e. The molecule has 9 heteroatoms. The van der Waals surface area contributed by atoms with Crippen LogP contribution in [0.25, 0.3) is 17.2 Å². The van der Waals surface area contributed by atoms with Gasteiger partial charge in [-0.15, -0.1) is 0 Å². The number of carbonyl (C=O) groups excluding carboxylic acids is 1. The Morgan fingerprint density at radius 2 is 1.94 bits per heavy atom. The summed E-state index contributed by atoms with van der Waals surface area (Å²) >= 11 is 0. The van der Waals surface area contributed by atoms with Crippen molar-refractivity contribution in [3.05, 3.63) is 75.5 Å². The Kier molecular flexibility index (Phi) is 5.48. The fourth-order valence-electron chi connectivity index (χ4n) is 3.35. The highest BCUT2D eigenvalue weighted by atomic mass is 16.5. The van der Waals surface area contributed by atoms with Crippen molar-refractivity contribution in [2.75, 3.05) is 5.32 Å². The summed E-state index contributed by atoms with van der Waals surface area (Å²) in [6, 6.07) is 12.7. The van der Waals surface area contributed by atoms with Crippen LogP contribution >= 0.6 is 0 Å². The summed E-state index contributed by atoms with van der Waals surface area (Å²) in [6.45, 7) is 5.40. The van der Waals surface area contributed by atoms with Crippen LogP contribution in [-0.4, -0.2) is 30.8 Å². The van der Waals surface area contributed by atoms with E-state index in [0.717, 1.165) is 16.8 Å². The predicted octanol–water partition coefficient (Wildman–Crippen LogP) is 3.11. The van der Waals surface area contributed by atoms with Crippen LogP contribution in [0.5, 0.6) is 0 Å². The van der Waals surface area contributed by atoms with Gasteiger partial charge in [0.1, 0.15) is 11.6 Å². The quantitative estimate of drug-likeness (QED) is 0.497. The highest BCUT2D eigenvalue weighted by Crippen LogP contribution is 2.24. The molecule has 1 aromatic carbocycles. The lowest BCUT2D eigenvalue weighted by molar-refractivity contribution is -0.116. The third-order valence-corrected chi connectivity index (χ3v) is 4.89. The van der Waals surface area contributed by atoms with Crippen molar-refractivity contribution >= 4 is 11.7 Å². The molecule has 0 bridgehead atoms. The smallest absolute Gasteiger partial charge is 0.252 e. The Morgan fingerprint density at radius 3 is 2.61 bits per heavy atom. The third-order valence-electron chi connectivity index (χ3n) is 4.89. The van der Waals surface area contributed by atoms with E-state index in [2.05, 4.69) is 25.5 Å². The summed E-state index contributed by atoms with van der Waals surface area (Å²) in [7, 11) is 0. The van der Waals surface area contributed by atoms with Gasteiger partial charge in [-0.2, -0.15) is 9.78 Å². The Balaban J connectivity index is 1.64. The Labute approximate surface area is 178 Å². The van der Waals surface area contributed by atoms with E-state index in [-0.39, 0.29) is 23.8 Å². The second-order valence-corrected chi connectivity index (χ2v) is 7.25. The van der Waals surface area contributed by atoms with Crippen LogP contribution in [-0.2, 0) is 11.2 Å². The minimum atomic E-state index is -0.296. The van der Waals surface area contributed by atoms with E-state index in [1.165, 1.54) is 10.7 Å². The van der Waals surface area contributed by atoms with Crippen molar-refractivity contribution in [3.8, 4) is 17.2 Å². The number of H-pyrrole nitrogens is 1. The largest absolute Gasteiger partial charge is 0.361 e. The fraction of sp³-hybridized carbons (Fsp3) is 0.227. The van der Waals surface area contributed by atoms with E-state index >= 15 is 0 Å². The first-order valence-corrected chi connectivity index (χ1v) is 9.86. The average molecular weight is 418 g/mol. The minimum Gasteiger partial charge on any atom is -0.361 e. The molecule has 1 amide bonds. The molecule has 0 spiro atoms. The van der Waals surface area contributed by atoms with Gasteiger partial charge < -0.3 is 9.84 Å². The number of aromatic nitrogens is 5. The number of hydrogen-bond acceptors (Lipinski definition) is 6. The molecule has 0 aliphatic carbocycles. The fourth-order valence-corrected chi connectivity index (χ4v) is 3.35. The van der Waals surface area contributed by atoms with Crippen LogP contribution in [0, 0.1) is 20.8 Å². The molecule has 4 rings (SSSR count). The number of amides is 1. The molecule has 0 aliphatic heterocycles. The maximum absolute atomic E-state index is 12.7. The first-order chi connectivity index (χ1) is 14.9. The monoisotopic (exact) mass is 418 g/mol. The van der Waals surface area contributed by atoms with E-state index in [0.29, 0.717) is 29.4 Å². The average Bonchev–Trinajstić information content (AvgIpc) is 3.29. The molecular formula is C22H22N6O3. The SMILES string of the molecule is Cc1cc(=O)[nH]c(-n2nc(-c3ccccc3)cc2NC(=O)CCc2c(C)noc2C)n1. The number of aryl methyl sites for hydroxylation is 3. The second-order valence-electron chi connectivity index (χ2n) is 7.25. The summed E-state index contributed by atoms with van der Waals surface area (Å²) in [4.78, 5) is 31.7. The zero-order chi connectivity index (χ0) is 22.0. The van der Waals surface area contributed by atoms with Gasteiger partial charge in [0.25, 0.3) is 5.56 Å². The van der Waals surface area contributed by atoms with Crippen LogP contribution in [0.2, 0.25) is 0 Å². The lowest BCUT2D eigenvalue weighted by atomic mass is 10.1. The molecule has 3 aromatic heterocycles. The number of nitrogens with one attached hydrogen (secondary N) is 2. The van der Waals surface area contributed by atoms with Crippen LogP contribution in [0.1, 0.15) is 29.1 Å². The molecule has 0 radical (unpaired) electrons. The minimum absolute atomic E-state index is 0.198. The molecule has 2 N–H and O–H groups in total. The molecule has 0 atom stereocenters. The summed E-state index contributed by atoms with van der Waals surface area (Å²) in [5.74, 6) is 1.16. The Hall–Kier alpha value is -4.01. The van der Waals surface area contributed by atoms with Crippen molar-refractivity contribution in [3.63, 3.8) is 0 Å². The summed E-state index contributed by atoms with van der Waals surface area (Å²) in [6.07, 6.45) is 0.749. The number of aromatic amines is 1. The van der Waals surface area contributed by atoms with E-state index in [1.807, 2.05) is 44.2 Å². The van der Waals surface area contributed by atoms with Crippen LogP contribution in [0.15, 0.2) is 51.8 Å². The van der Waals surface area contributed by atoms with Gasteiger partial charge in [0.05, 0.1) is 11.4 Å². The van der Waals surface area contributed by atoms with Crippen LogP contribution in [0.3, 0.4) is 0 Å². The van der Waals surface area contributed by atoms with Gasteiger partial charge >= 0.3 is 0 Å². The van der Waals surface area contributed by atoms with Gasteiger partial charge in [-0.1, -0.05) is 35.5 Å². The number of rotatable bonds is 6. The maximum atomic E-state index is 12.7. The predicted molar refractivity (Wildman–Crippen MR) is 115 cm³/mol. The number of carbonyl (C=O) groups is 1. The highest BCUT2D eigenvalue weighted by Gasteiger charge is 2.17. The first kappa shape index (κ1) is 20.3. The van der Waals surface area contributed by atoms with Gasteiger partial charge in [-0.05, 0) is 27.2 Å². The highest BCUT2D eigenvalue weighted by molar-refractivity contribution is 5.91. The van der Waals surface area contributed by atoms with E-state index in [1.54, 1.807) is 13.0 Å². The van der Waals surface area contributed by atoms with Crippen molar-refractivity contribution in [1.29, 1.82) is 0 Å². The van der Waals surface area contributed by atoms with Crippen molar-refractivity contribution < 1.29 is 9.32 Å². The molecule has 0 aliphatic rings. The molecule has 31 heavy (non-hydrogen) atoms. The summed E-state index contributed by atoms with van der Waals surface area (Å²) in [5, 5.41) is 11.4. The van der Waals surface area contributed by atoms with Gasteiger partial charge in [0.2, 0.25) is 11.9 Å². The van der Waals surface area contributed by atoms with Crippen molar-refractivity contribution in [2.24, 2.45) is 0 Å². The number of benzene rings is 1. The molecular weight excluding hydrogens is 396 g/mol. The van der Waals surface area contributed by atoms with Crippen molar-refractivity contribution in [1.82, 2.24) is 24.9 Å². The number of nitrogens with zero attached hydrogens (tertiary/aromatic N) is 4. The molecule has 0 unspecified atom stereocenters. The van der Waals surface area contributed by atoms with Gasteiger partial charge in [-0.25, -0.2) is 4.98 Å². The summed E-state index contributed by atoms with van der Waals surface area (Å²) in [5.41, 5.74) is 3.48. The van der Waals surface area contributed by atoms with E-state index < -0.39 is 0 Å². The van der Waals surface area contributed by atoms with E-state index in [9.17, 15) is 9.59 Å². The lowest BCUT2D eigenvalue weighted by Gasteiger charge is -2.08. The zero-order valence-electron chi connectivity index (χ0n) is 17.5. The van der Waals surface area contributed by atoms with Gasteiger partial charge in [-0.3, -0.25) is 14.6 Å². The Morgan fingerprint density at radius 1 is 1.16 bits per heavy atom. The van der Waals surface area contributed by atoms with Crippen LogP contribution < -0.4 is 10.9 Å². The molecule has 9 nitrogen and oxygen atoms in total. The summed E-state index contributed by atoms with van der Waals surface area (Å²) < 4.78 is 6.59. The molecule has 158 valence electrons. The normalized spacial score (nSPS) is 10.9. The second kappa shape index (κ2) is 8.39. The topological polar surface area (TPSA) is 119 Å². The van der Waals surface area contributed by atoms with Gasteiger partial charge in [0, 0.05) is 35.4 Å². The third kappa shape index (κ3) is 4.45. The molecule has 0 fully saturated rings. The molecule has 0 saturated carbocycles. The van der Waals surface area contributed by atoms with Crippen LogP contribution in [0.4, 0.5) is 5.82 Å².